The Labute approximate surface area is 378 Å². The normalized spacial score (nSPS) is 27.0. The Balaban J connectivity index is 1.03. The van der Waals surface area contributed by atoms with Gasteiger partial charge in [0.2, 0.25) is 0 Å². The second-order valence-electron chi connectivity index (χ2n) is 23.9. The second-order valence-corrected chi connectivity index (χ2v) is 23.9. The smallest absolute Gasteiger partial charge is 0.0465 e. The summed E-state index contributed by atoms with van der Waals surface area (Å²) >= 11 is 0. The molecule has 4 saturated carbocycles. The van der Waals surface area contributed by atoms with Crippen LogP contribution in [0.1, 0.15) is 147 Å². The van der Waals surface area contributed by atoms with Gasteiger partial charge in [-0.1, -0.05) is 140 Å². The summed E-state index contributed by atoms with van der Waals surface area (Å²) in [6.07, 6.45) is 11.9. The van der Waals surface area contributed by atoms with E-state index >= 15 is 0 Å². The van der Waals surface area contributed by atoms with Gasteiger partial charge in [0.1, 0.15) is 0 Å². The fourth-order valence-corrected chi connectivity index (χ4v) is 14.9. The Morgan fingerprint density at radius 3 is 1.33 bits per heavy atom. The maximum absolute atomic E-state index is 2.70. The van der Waals surface area contributed by atoms with E-state index in [2.05, 4.69) is 188 Å². The van der Waals surface area contributed by atoms with Crippen molar-refractivity contribution in [2.75, 3.05) is 4.90 Å². The molecule has 13 rings (SSSR count). The molecule has 1 spiro atoms. The van der Waals surface area contributed by atoms with Crippen LogP contribution in [-0.4, -0.2) is 0 Å². The first kappa shape index (κ1) is 39.7. The van der Waals surface area contributed by atoms with E-state index in [0.717, 1.165) is 11.8 Å². The fourth-order valence-electron chi connectivity index (χ4n) is 14.9. The van der Waals surface area contributed by atoms with E-state index in [9.17, 15) is 0 Å². The van der Waals surface area contributed by atoms with Crippen LogP contribution in [0, 0.1) is 23.7 Å². The summed E-state index contributed by atoms with van der Waals surface area (Å²) in [6.45, 7) is 19.7. The van der Waals surface area contributed by atoms with Crippen molar-refractivity contribution >= 4 is 17.1 Å². The minimum absolute atomic E-state index is 0.0459. The van der Waals surface area contributed by atoms with Crippen molar-refractivity contribution in [2.45, 2.75) is 140 Å². The number of nitrogens with zero attached hydrogens (tertiary/aromatic N) is 1. The minimum atomic E-state index is 0.0459. The van der Waals surface area contributed by atoms with Gasteiger partial charge in [0.15, 0.2) is 0 Å². The van der Waals surface area contributed by atoms with Crippen LogP contribution in [-0.2, 0) is 27.1 Å². The summed E-state index contributed by atoms with van der Waals surface area (Å²) in [5.41, 5.74) is 22.2. The van der Waals surface area contributed by atoms with Gasteiger partial charge >= 0.3 is 0 Å². The summed E-state index contributed by atoms with van der Waals surface area (Å²) in [7, 11) is 0. The van der Waals surface area contributed by atoms with Gasteiger partial charge in [-0.2, -0.15) is 0 Å². The standard InChI is InChI=1S/C62H67N/c1-58(2)26-28-60(5,6)56-36-44(17-24-52(56)58)43-16-22-50-51-23-20-48(37-55(51)62(54(50)35-43)45-31-39-30-40(33-45)34-46(62)32-39)63(47-18-14-42(15-19-47)41-12-10-9-11-13-41)49-21-25-53-57(38-49)61(7,8)29-27-59(53,3)4/h9-25,35-40,45-46H,26-34H2,1-8H3. The van der Waals surface area contributed by atoms with Crippen molar-refractivity contribution < 1.29 is 0 Å². The molecule has 63 heavy (non-hydrogen) atoms. The van der Waals surface area contributed by atoms with Crippen LogP contribution in [0.25, 0.3) is 33.4 Å². The van der Waals surface area contributed by atoms with Gasteiger partial charge in [0.05, 0.1) is 0 Å². The Bertz CT molecular complexity index is 2770. The van der Waals surface area contributed by atoms with Crippen LogP contribution < -0.4 is 4.90 Å². The van der Waals surface area contributed by atoms with E-state index in [1.165, 1.54) is 119 Å². The molecule has 0 N–H and O–H groups in total. The molecule has 7 aliphatic rings. The molecule has 6 aromatic rings. The first-order valence-electron chi connectivity index (χ1n) is 24.7. The van der Waals surface area contributed by atoms with E-state index < -0.39 is 0 Å². The largest absolute Gasteiger partial charge is 0.310 e. The molecule has 4 bridgehead atoms. The maximum Gasteiger partial charge on any atom is 0.0465 e. The van der Waals surface area contributed by atoms with Crippen LogP contribution in [0.3, 0.4) is 0 Å². The quantitative estimate of drug-likeness (QED) is 0.167. The van der Waals surface area contributed by atoms with Gasteiger partial charge in [0, 0.05) is 22.5 Å². The molecule has 0 aromatic heterocycles. The highest BCUT2D eigenvalue weighted by Crippen LogP contribution is 2.70. The van der Waals surface area contributed by atoms with E-state index in [1.54, 1.807) is 22.3 Å². The SMILES string of the molecule is CC1(C)CCC(C)(C)c2cc(-c3ccc4c(c3)C3(c5cc(N(c6ccc(-c7ccccc7)cc6)c6ccc7c(c6)C(C)(C)CCC7(C)C)ccc5-4)C4CC5CC(C4)CC3C5)ccc21. The summed E-state index contributed by atoms with van der Waals surface area (Å²) in [5, 5.41) is 0. The average Bonchev–Trinajstić information content (AvgIpc) is 3.56. The minimum Gasteiger partial charge on any atom is -0.310 e. The number of fused-ring (bicyclic) bond motifs is 5. The molecule has 0 heterocycles. The zero-order valence-electron chi connectivity index (χ0n) is 39.2. The average molecular weight is 826 g/mol. The van der Waals surface area contributed by atoms with Gasteiger partial charge in [-0.15, -0.1) is 0 Å². The van der Waals surface area contributed by atoms with Crippen LogP contribution in [0.5, 0.6) is 0 Å². The zero-order chi connectivity index (χ0) is 43.3. The van der Waals surface area contributed by atoms with Crippen molar-refractivity contribution in [3.05, 3.63) is 161 Å². The first-order chi connectivity index (χ1) is 30.1. The molecule has 6 aromatic carbocycles. The number of rotatable bonds is 5. The summed E-state index contributed by atoms with van der Waals surface area (Å²) in [5.74, 6) is 3.16. The van der Waals surface area contributed by atoms with Crippen LogP contribution >= 0.6 is 0 Å². The van der Waals surface area contributed by atoms with Gasteiger partial charge in [0.25, 0.3) is 0 Å². The van der Waals surface area contributed by atoms with Gasteiger partial charge in [-0.05, 0) is 212 Å². The molecule has 1 heteroatoms. The molecule has 0 amide bonds. The summed E-state index contributed by atoms with van der Waals surface area (Å²) in [4.78, 5) is 2.60. The van der Waals surface area contributed by atoms with Crippen LogP contribution in [0.2, 0.25) is 0 Å². The van der Waals surface area contributed by atoms with E-state index in [1.807, 2.05) is 0 Å². The third kappa shape index (κ3) is 5.93. The molecular formula is C62H67N. The molecule has 7 aliphatic carbocycles. The second kappa shape index (κ2) is 13.6. The van der Waals surface area contributed by atoms with Crippen molar-refractivity contribution in [1.82, 2.24) is 0 Å². The highest BCUT2D eigenvalue weighted by molar-refractivity contribution is 5.88. The fraction of sp³-hybridized carbons (Fsp3) is 0.419. The van der Waals surface area contributed by atoms with Crippen molar-refractivity contribution in [1.29, 1.82) is 0 Å². The lowest BCUT2D eigenvalue weighted by Crippen LogP contribution is -2.55. The molecular weight excluding hydrogens is 759 g/mol. The Kier molecular flexibility index (Phi) is 8.55. The van der Waals surface area contributed by atoms with Gasteiger partial charge < -0.3 is 4.90 Å². The lowest BCUT2D eigenvalue weighted by molar-refractivity contribution is -0.0399. The molecule has 320 valence electrons. The summed E-state index contributed by atoms with van der Waals surface area (Å²) < 4.78 is 0. The van der Waals surface area contributed by atoms with Crippen molar-refractivity contribution in [3.63, 3.8) is 0 Å². The molecule has 1 nitrogen and oxygen atoms in total. The number of anilines is 3. The first-order valence-corrected chi connectivity index (χ1v) is 24.7. The van der Waals surface area contributed by atoms with E-state index in [0.29, 0.717) is 11.8 Å². The van der Waals surface area contributed by atoms with Crippen LogP contribution in [0.15, 0.2) is 127 Å². The van der Waals surface area contributed by atoms with Crippen LogP contribution in [0.4, 0.5) is 17.1 Å². The zero-order valence-corrected chi connectivity index (χ0v) is 39.2. The van der Waals surface area contributed by atoms with Crippen molar-refractivity contribution in [3.8, 4) is 33.4 Å². The predicted molar refractivity (Wildman–Crippen MR) is 266 cm³/mol. The lowest BCUT2D eigenvalue weighted by Gasteiger charge is -2.61. The molecule has 0 aliphatic heterocycles. The monoisotopic (exact) mass is 826 g/mol. The molecule has 0 saturated heterocycles. The summed E-state index contributed by atoms with van der Waals surface area (Å²) in [6, 6.07) is 50.6. The Morgan fingerprint density at radius 2 is 0.746 bits per heavy atom. The number of hydrogen-bond acceptors (Lipinski definition) is 1. The van der Waals surface area contributed by atoms with E-state index in [4.69, 9.17) is 0 Å². The molecule has 0 atom stereocenters. The lowest BCUT2D eigenvalue weighted by atomic mass is 9.43. The Morgan fingerprint density at radius 1 is 0.349 bits per heavy atom. The molecule has 0 radical (unpaired) electrons. The Hall–Kier alpha value is -4.88. The topological polar surface area (TPSA) is 3.24 Å². The number of benzene rings is 6. The maximum atomic E-state index is 2.70. The van der Waals surface area contributed by atoms with Gasteiger partial charge in [-0.3, -0.25) is 0 Å². The highest BCUT2D eigenvalue weighted by Gasteiger charge is 2.61. The number of hydrogen-bond donors (Lipinski definition) is 0. The highest BCUT2D eigenvalue weighted by atomic mass is 15.1. The van der Waals surface area contributed by atoms with Crippen molar-refractivity contribution in [2.24, 2.45) is 23.7 Å². The third-order valence-electron chi connectivity index (χ3n) is 18.4. The molecule has 4 fully saturated rings. The third-order valence-corrected chi connectivity index (χ3v) is 18.4. The van der Waals surface area contributed by atoms with E-state index in [-0.39, 0.29) is 27.1 Å². The molecule has 0 unspecified atom stereocenters. The van der Waals surface area contributed by atoms with Gasteiger partial charge in [-0.25, -0.2) is 0 Å². The predicted octanol–water partition coefficient (Wildman–Crippen LogP) is 16.9.